The molecule has 1 aliphatic carbocycles. The molecule has 2 fully saturated rings. The SMILES string of the molecule is CC(CCC(=O)O)NC(=O)N1CCCC2CCCCC21. The van der Waals surface area contributed by atoms with Crippen molar-refractivity contribution in [2.45, 2.75) is 70.4 Å². The van der Waals surface area contributed by atoms with Crippen LogP contribution in [0.15, 0.2) is 0 Å². The second-order valence-electron chi connectivity index (χ2n) is 6.23. The minimum Gasteiger partial charge on any atom is -0.481 e. The number of carbonyl (C=O) groups excluding carboxylic acids is 1. The van der Waals surface area contributed by atoms with Crippen molar-refractivity contribution in [3.8, 4) is 0 Å². The normalized spacial score (nSPS) is 27.6. The van der Waals surface area contributed by atoms with Crippen LogP contribution in [0.25, 0.3) is 0 Å². The standard InChI is InChI=1S/C15H26N2O3/c1-11(8-9-14(18)19)16-15(20)17-10-4-6-12-5-2-3-7-13(12)17/h11-13H,2-10H2,1H3,(H,16,20)(H,18,19). The van der Waals surface area contributed by atoms with Crippen molar-refractivity contribution in [1.29, 1.82) is 0 Å². The van der Waals surface area contributed by atoms with E-state index in [1.165, 1.54) is 25.7 Å². The molecule has 3 unspecified atom stereocenters. The summed E-state index contributed by atoms with van der Waals surface area (Å²) in [7, 11) is 0. The van der Waals surface area contributed by atoms with E-state index < -0.39 is 5.97 Å². The maximum Gasteiger partial charge on any atom is 0.317 e. The number of aliphatic carboxylic acids is 1. The van der Waals surface area contributed by atoms with Gasteiger partial charge in [-0.05, 0) is 44.9 Å². The van der Waals surface area contributed by atoms with Crippen LogP contribution >= 0.6 is 0 Å². The predicted molar refractivity (Wildman–Crippen MR) is 76.5 cm³/mol. The zero-order chi connectivity index (χ0) is 14.5. The Labute approximate surface area is 120 Å². The first-order valence-electron chi connectivity index (χ1n) is 7.87. The number of nitrogens with one attached hydrogen (secondary N) is 1. The Balaban J connectivity index is 1.85. The quantitative estimate of drug-likeness (QED) is 0.832. The molecule has 2 rings (SSSR count). The van der Waals surface area contributed by atoms with Crippen molar-refractivity contribution in [1.82, 2.24) is 10.2 Å². The summed E-state index contributed by atoms with van der Waals surface area (Å²) in [6.07, 6.45) is 7.84. The van der Waals surface area contributed by atoms with Crippen molar-refractivity contribution in [3.05, 3.63) is 0 Å². The Hall–Kier alpha value is -1.26. The molecule has 114 valence electrons. The number of carboxylic acids is 1. The maximum absolute atomic E-state index is 12.4. The highest BCUT2D eigenvalue weighted by Gasteiger charge is 2.35. The van der Waals surface area contributed by atoms with Gasteiger partial charge >= 0.3 is 12.0 Å². The number of nitrogens with zero attached hydrogens (tertiary/aromatic N) is 1. The van der Waals surface area contributed by atoms with Crippen molar-refractivity contribution in [2.75, 3.05) is 6.54 Å². The second kappa shape index (κ2) is 6.95. The summed E-state index contributed by atoms with van der Waals surface area (Å²) in [5.41, 5.74) is 0. The lowest BCUT2D eigenvalue weighted by Crippen LogP contribution is -2.54. The highest BCUT2D eigenvalue weighted by Crippen LogP contribution is 2.35. The zero-order valence-corrected chi connectivity index (χ0v) is 12.3. The zero-order valence-electron chi connectivity index (χ0n) is 12.3. The summed E-state index contributed by atoms with van der Waals surface area (Å²) in [6.45, 7) is 2.72. The number of fused-ring (bicyclic) bond motifs is 1. The van der Waals surface area contributed by atoms with Crippen LogP contribution in [0.4, 0.5) is 4.79 Å². The van der Waals surface area contributed by atoms with Crippen LogP contribution in [0.1, 0.15) is 58.3 Å². The third-order valence-electron chi connectivity index (χ3n) is 4.67. The number of likely N-dealkylation sites (tertiary alicyclic amines) is 1. The Bertz CT molecular complexity index is 357. The lowest BCUT2D eigenvalue weighted by Gasteiger charge is -2.44. The van der Waals surface area contributed by atoms with Crippen LogP contribution in [0.5, 0.6) is 0 Å². The van der Waals surface area contributed by atoms with Gasteiger partial charge in [-0.15, -0.1) is 0 Å². The van der Waals surface area contributed by atoms with Crippen LogP contribution in [-0.2, 0) is 4.79 Å². The van der Waals surface area contributed by atoms with Gasteiger partial charge in [0.05, 0.1) is 0 Å². The van der Waals surface area contributed by atoms with Gasteiger partial charge in [0.15, 0.2) is 0 Å². The number of hydrogen-bond donors (Lipinski definition) is 2. The largest absolute Gasteiger partial charge is 0.481 e. The summed E-state index contributed by atoms with van der Waals surface area (Å²) in [6, 6.07) is 0.325. The number of urea groups is 1. The van der Waals surface area contributed by atoms with E-state index in [-0.39, 0.29) is 18.5 Å². The highest BCUT2D eigenvalue weighted by molar-refractivity contribution is 5.75. The molecule has 0 aromatic heterocycles. The minimum atomic E-state index is -0.809. The van der Waals surface area contributed by atoms with Gasteiger partial charge < -0.3 is 15.3 Å². The number of piperidine rings is 1. The first kappa shape index (κ1) is 15.1. The summed E-state index contributed by atoms with van der Waals surface area (Å²) < 4.78 is 0. The third-order valence-corrected chi connectivity index (χ3v) is 4.67. The fraction of sp³-hybridized carbons (Fsp3) is 0.867. The molecule has 1 heterocycles. The molecule has 0 bridgehead atoms. The van der Waals surface area contributed by atoms with Gasteiger partial charge in [0.2, 0.25) is 0 Å². The molecule has 5 heteroatoms. The molecule has 2 N–H and O–H groups in total. The molecule has 0 aromatic rings. The smallest absolute Gasteiger partial charge is 0.317 e. The number of hydrogen-bond acceptors (Lipinski definition) is 2. The van der Waals surface area contributed by atoms with Crippen molar-refractivity contribution < 1.29 is 14.7 Å². The Morgan fingerprint density at radius 3 is 2.70 bits per heavy atom. The monoisotopic (exact) mass is 282 g/mol. The van der Waals surface area contributed by atoms with Crippen molar-refractivity contribution in [3.63, 3.8) is 0 Å². The molecular formula is C15H26N2O3. The molecule has 0 spiro atoms. The first-order chi connectivity index (χ1) is 9.58. The number of carbonyl (C=O) groups is 2. The summed E-state index contributed by atoms with van der Waals surface area (Å²) in [5, 5.41) is 11.6. The van der Waals surface area contributed by atoms with Crippen molar-refractivity contribution in [2.24, 2.45) is 5.92 Å². The lowest BCUT2D eigenvalue weighted by atomic mass is 9.78. The van der Waals surface area contributed by atoms with Gasteiger partial charge in [-0.1, -0.05) is 12.8 Å². The van der Waals surface area contributed by atoms with E-state index in [1.807, 2.05) is 11.8 Å². The molecule has 2 amide bonds. The molecule has 1 saturated heterocycles. The molecule has 20 heavy (non-hydrogen) atoms. The van der Waals surface area contributed by atoms with E-state index >= 15 is 0 Å². The summed E-state index contributed by atoms with van der Waals surface area (Å²) >= 11 is 0. The van der Waals surface area contributed by atoms with Gasteiger partial charge in [-0.2, -0.15) is 0 Å². The predicted octanol–water partition coefficient (Wildman–Crippen LogP) is 2.60. The van der Waals surface area contributed by atoms with Crippen LogP contribution in [-0.4, -0.2) is 40.6 Å². The number of carboxylic acid groups (broad SMARTS) is 1. The molecule has 0 aromatic carbocycles. The van der Waals surface area contributed by atoms with E-state index in [4.69, 9.17) is 5.11 Å². The Kier molecular flexibility index (Phi) is 5.26. The first-order valence-corrected chi connectivity index (χ1v) is 7.87. The molecule has 5 nitrogen and oxygen atoms in total. The molecular weight excluding hydrogens is 256 g/mol. The minimum absolute atomic E-state index is 0.000473. The van der Waals surface area contributed by atoms with Gasteiger partial charge in [0.1, 0.15) is 0 Å². The molecule has 0 radical (unpaired) electrons. The average Bonchev–Trinajstić information content (AvgIpc) is 2.44. The molecule has 1 aliphatic heterocycles. The van der Waals surface area contributed by atoms with Crippen LogP contribution in [0.2, 0.25) is 0 Å². The fourth-order valence-electron chi connectivity index (χ4n) is 3.58. The highest BCUT2D eigenvalue weighted by atomic mass is 16.4. The number of rotatable bonds is 4. The van der Waals surface area contributed by atoms with E-state index in [0.717, 1.165) is 19.4 Å². The summed E-state index contributed by atoms with van der Waals surface area (Å²) in [5.74, 6) is -0.131. The maximum atomic E-state index is 12.4. The van der Waals surface area contributed by atoms with E-state index in [9.17, 15) is 9.59 Å². The number of amides is 2. The van der Waals surface area contributed by atoms with Gasteiger partial charge in [0, 0.05) is 25.0 Å². The van der Waals surface area contributed by atoms with Crippen LogP contribution in [0.3, 0.4) is 0 Å². The molecule has 3 atom stereocenters. The van der Waals surface area contributed by atoms with Crippen molar-refractivity contribution >= 4 is 12.0 Å². The van der Waals surface area contributed by atoms with Gasteiger partial charge in [0.25, 0.3) is 0 Å². The third kappa shape index (κ3) is 3.87. The van der Waals surface area contributed by atoms with E-state index in [0.29, 0.717) is 18.4 Å². The molecule has 1 saturated carbocycles. The van der Waals surface area contributed by atoms with E-state index in [1.54, 1.807) is 0 Å². The Morgan fingerprint density at radius 2 is 1.95 bits per heavy atom. The van der Waals surface area contributed by atoms with Gasteiger partial charge in [-0.3, -0.25) is 4.79 Å². The fourth-order valence-corrected chi connectivity index (χ4v) is 3.58. The van der Waals surface area contributed by atoms with Gasteiger partial charge in [-0.25, -0.2) is 4.79 Å². The topological polar surface area (TPSA) is 69.6 Å². The second-order valence-corrected chi connectivity index (χ2v) is 6.23. The Morgan fingerprint density at radius 1 is 1.25 bits per heavy atom. The average molecular weight is 282 g/mol. The van der Waals surface area contributed by atoms with Crippen LogP contribution in [0, 0.1) is 5.92 Å². The van der Waals surface area contributed by atoms with E-state index in [2.05, 4.69) is 5.32 Å². The molecule has 2 aliphatic rings. The lowest BCUT2D eigenvalue weighted by molar-refractivity contribution is -0.137. The van der Waals surface area contributed by atoms with Crippen LogP contribution < -0.4 is 5.32 Å². The summed E-state index contributed by atoms with van der Waals surface area (Å²) in [4.78, 5) is 24.9.